The quantitative estimate of drug-likeness (QED) is 0.493. The molecule has 0 aliphatic rings. The Kier molecular flexibility index (Phi) is 4.63. The molecular weight excluding hydrogens is 180 g/mol. The average Bonchev–Trinajstić information content (AvgIpc) is 2.19. The molecule has 1 aromatic carbocycles. The number of benzene rings is 1. The van der Waals surface area contributed by atoms with Crippen LogP contribution in [-0.4, -0.2) is 5.88 Å². The Morgan fingerprint density at radius 3 is 2.85 bits per heavy atom. The van der Waals surface area contributed by atoms with E-state index in [9.17, 15) is 0 Å². The summed E-state index contributed by atoms with van der Waals surface area (Å²) in [7, 11) is 0. The van der Waals surface area contributed by atoms with Crippen molar-refractivity contribution in [3.8, 4) is 0 Å². The number of alkyl halides is 1. The second kappa shape index (κ2) is 5.82. The lowest BCUT2D eigenvalue weighted by Crippen LogP contribution is -1.86. The van der Waals surface area contributed by atoms with E-state index in [0.29, 0.717) is 0 Å². The van der Waals surface area contributed by atoms with Crippen LogP contribution in [0.15, 0.2) is 30.8 Å². The van der Waals surface area contributed by atoms with Crippen LogP contribution in [0.1, 0.15) is 24.0 Å². The molecule has 0 spiro atoms. The maximum absolute atomic E-state index is 5.61. The molecule has 1 aromatic rings. The van der Waals surface area contributed by atoms with Gasteiger partial charge < -0.3 is 0 Å². The third kappa shape index (κ3) is 3.65. The Bertz CT molecular complexity index is 266. The largest absolute Gasteiger partial charge is 0.127 e. The van der Waals surface area contributed by atoms with E-state index in [-0.39, 0.29) is 0 Å². The fourth-order valence-corrected chi connectivity index (χ4v) is 1.49. The van der Waals surface area contributed by atoms with E-state index in [1.807, 2.05) is 6.08 Å². The van der Waals surface area contributed by atoms with Crippen molar-refractivity contribution in [2.45, 2.75) is 19.3 Å². The van der Waals surface area contributed by atoms with Gasteiger partial charge in [0.25, 0.3) is 0 Å². The normalized spacial score (nSPS) is 9.92. The molecule has 1 heteroatoms. The summed E-state index contributed by atoms with van der Waals surface area (Å²) in [6.07, 6.45) is 5.27. The zero-order chi connectivity index (χ0) is 9.52. The highest BCUT2D eigenvalue weighted by Crippen LogP contribution is 2.09. The smallest absolute Gasteiger partial charge is 0.0223 e. The molecule has 0 atom stereocenters. The van der Waals surface area contributed by atoms with Crippen molar-refractivity contribution in [3.05, 3.63) is 42.0 Å². The standard InChI is InChI=1S/C12H15Cl/c1-2-11-7-5-8-12(10-11)6-3-4-9-13/h2,5,7-8,10H,1,3-4,6,9H2. The predicted molar refractivity (Wildman–Crippen MR) is 60.2 cm³/mol. The molecule has 0 N–H and O–H groups in total. The van der Waals surface area contributed by atoms with Crippen molar-refractivity contribution in [2.75, 3.05) is 5.88 Å². The monoisotopic (exact) mass is 194 g/mol. The molecule has 0 nitrogen and oxygen atoms in total. The van der Waals surface area contributed by atoms with Gasteiger partial charge in [-0.2, -0.15) is 0 Å². The number of hydrogen-bond acceptors (Lipinski definition) is 0. The van der Waals surface area contributed by atoms with Crippen molar-refractivity contribution >= 4 is 17.7 Å². The van der Waals surface area contributed by atoms with E-state index in [0.717, 1.165) is 18.7 Å². The van der Waals surface area contributed by atoms with Gasteiger partial charge in [0.15, 0.2) is 0 Å². The van der Waals surface area contributed by atoms with E-state index in [2.05, 4.69) is 30.8 Å². The molecule has 70 valence electrons. The van der Waals surface area contributed by atoms with E-state index in [1.54, 1.807) is 0 Å². The summed E-state index contributed by atoms with van der Waals surface area (Å²) in [5.74, 6) is 0.765. The van der Waals surface area contributed by atoms with E-state index < -0.39 is 0 Å². The van der Waals surface area contributed by atoms with Crippen LogP contribution in [0.3, 0.4) is 0 Å². The maximum Gasteiger partial charge on any atom is 0.0223 e. The maximum atomic E-state index is 5.61. The molecule has 0 aliphatic carbocycles. The molecule has 0 saturated carbocycles. The summed E-state index contributed by atoms with van der Waals surface area (Å²) >= 11 is 5.61. The van der Waals surface area contributed by atoms with Crippen LogP contribution in [0.4, 0.5) is 0 Å². The van der Waals surface area contributed by atoms with Gasteiger partial charge in [0.05, 0.1) is 0 Å². The molecule has 0 amide bonds. The van der Waals surface area contributed by atoms with Gasteiger partial charge in [-0.25, -0.2) is 0 Å². The lowest BCUT2D eigenvalue weighted by molar-refractivity contribution is 0.800. The molecule has 0 bridgehead atoms. The van der Waals surface area contributed by atoms with Crippen LogP contribution in [0, 0.1) is 0 Å². The first kappa shape index (κ1) is 10.3. The zero-order valence-corrected chi connectivity index (χ0v) is 8.56. The predicted octanol–water partition coefficient (Wildman–Crippen LogP) is 3.89. The van der Waals surface area contributed by atoms with Crippen LogP contribution in [0.5, 0.6) is 0 Å². The summed E-state index contributed by atoms with van der Waals surface area (Å²) in [4.78, 5) is 0. The van der Waals surface area contributed by atoms with Gasteiger partial charge in [0.2, 0.25) is 0 Å². The first-order chi connectivity index (χ1) is 6.36. The highest BCUT2D eigenvalue weighted by atomic mass is 35.5. The fraction of sp³-hybridized carbons (Fsp3) is 0.333. The van der Waals surface area contributed by atoms with Crippen LogP contribution >= 0.6 is 11.6 Å². The molecule has 1 rings (SSSR count). The molecule has 0 radical (unpaired) electrons. The third-order valence-corrected chi connectivity index (χ3v) is 2.30. The molecule has 0 aromatic heterocycles. The van der Waals surface area contributed by atoms with Crippen molar-refractivity contribution in [1.29, 1.82) is 0 Å². The minimum absolute atomic E-state index is 0.765. The lowest BCUT2D eigenvalue weighted by atomic mass is 10.1. The number of halogens is 1. The van der Waals surface area contributed by atoms with Gasteiger partial charge in [-0.1, -0.05) is 36.9 Å². The van der Waals surface area contributed by atoms with Crippen molar-refractivity contribution in [1.82, 2.24) is 0 Å². The first-order valence-electron chi connectivity index (χ1n) is 4.64. The summed E-state index contributed by atoms with van der Waals surface area (Å²) in [6.45, 7) is 3.75. The molecular formula is C12H15Cl. The van der Waals surface area contributed by atoms with E-state index >= 15 is 0 Å². The number of unbranched alkanes of at least 4 members (excludes halogenated alkanes) is 1. The third-order valence-electron chi connectivity index (χ3n) is 2.04. The minimum atomic E-state index is 0.765. The number of hydrogen-bond donors (Lipinski definition) is 0. The molecule has 0 saturated heterocycles. The van der Waals surface area contributed by atoms with Gasteiger partial charge >= 0.3 is 0 Å². The Hall–Kier alpha value is -0.750. The van der Waals surface area contributed by atoms with Gasteiger partial charge in [0.1, 0.15) is 0 Å². The minimum Gasteiger partial charge on any atom is -0.127 e. The SMILES string of the molecule is C=Cc1cccc(CCCCCl)c1. The second-order valence-corrected chi connectivity index (χ2v) is 3.47. The highest BCUT2D eigenvalue weighted by molar-refractivity contribution is 6.17. The Labute approximate surface area is 85.2 Å². The number of rotatable bonds is 5. The summed E-state index contributed by atoms with van der Waals surface area (Å²) in [5.41, 5.74) is 2.57. The van der Waals surface area contributed by atoms with Gasteiger partial charge in [-0.15, -0.1) is 11.6 Å². The Morgan fingerprint density at radius 2 is 2.15 bits per heavy atom. The molecule has 0 aliphatic heterocycles. The van der Waals surface area contributed by atoms with Crippen LogP contribution < -0.4 is 0 Å². The fourth-order valence-electron chi connectivity index (χ4n) is 1.30. The van der Waals surface area contributed by atoms with Crippen molar-refractivity contribution in [2.24, 2.45) is 0 Å². The topological polar surface area (TPSA) is 0 Å². The van der Waals surface area contributed by atoms with Gasteiger partial charge in [-0.3, -0.25) is 0 Å². The Morgan fingerprint density at radius 1 is 1.31 bits per heavy atom. The lowest BCUT2D eigenvalue weighted by Gasteiger charge is -2.01. The van der Waals surface area contributed by atoms with E-state index in [4.69, 9.17) is 11.6 Å². The summed E-state index contributed by atoms with van der Waals surface area (Å²) in [6, 6.07) is 8.48. The second-order valence-electron chi connectivity index (χ2n) is 3.10. The zero-order valence-electron chi connectivity index (χ0n) is 7.80. The van der Waals surface area contributed by atoms with Gasteiger partial charge in [0, 0.05) is 5.88 Å². The molecule has 0 unspecified atom stereocenters. The van der Waals surface area contributed by atoms with Crippen LogP contribution in [-0.2, 0) is 6.42 Å². The van der Waals surface area contributed by atoms with Crippen molar-refractivity contribution in [3.63, 3.8) is 0 Å². The Balaban J connectivity index is 2.51. The van der Waals surface area contributed by atoms with Gasteiger partial charge in [-0.05, 0) is 30.4 Å². The first-order valence-corrected chi connectivity index (χ1v) is 5.17. The van der Waals surface area contributed by atoms with E-state index in [1.165, 1.54) is 17.5 Å². The summed E-state index contributed by atoms with van der Waals surface area (Å²) < 4.78 is 0. The molecule has 0 fully saturated rings. The van der Waals surface area contributed by atoms with Crippen LogP contribution in [0.2, 0.25) is 0 Å². The molecule has 13 heavy (non-hydrogen) atoms. The van der Waals surface area contributed by atoms with Crippen LogP contribution in [0.25, 0.3) is 6.08 Å². The summed E-state index contributed by atoms with van der Waals surface area (Å²) in [5, 5.41) is 0. The highest BCUT2D eigenvalue weighted by Gasteiger charge is 1.93. The van der Waals surface area contributed by atoms with Crippen molar-refractivity contribution < 1.29 is 0 Å². The average molecular weight is 195 g/mol. The molecule has 0 heterocycles. The number of aryl methyl sites for hydroxylation is 1.